The molecular formula is C44H40Cl4N6O8S. The highest BCUT2D eigenvalue weighted by Crippen LogP contribution is 2.50. The van der Waals surface area contributed by atoms with Crippen molar-refractivity contribution in [3.63, 3.8) is 0 Å². The Morgan fingerprint density at radius 1 is 0.651 bits per heavy atom. The molecule has 4 aromatic rings. The number of nitro groups is 2. The Labute approximate surface area is 386 Å². The van der Waals surface area contributed by atoms with E-state index in [4.69, 9.17) is 46.4 Å². The number of benzene rings is 4. The van der Waals surface area contributed by atoms with E-state index in [1.807, 2.05) is 0 Å². The normalized spacial score (nSPS) is 14.0. The average molecular weight is 955 g/mol. The number of amides is 4. The topological polar surface area (TPSA) is 185 Å². The van der Waals surface area contributed by atoms with Gasteiger partial charge in [0.2, 0.25) is 23.6 Å². The van der Waals surface area contributed by atoms with Gasteiger partial charge in [-0.15, -0.1) is 0 Å². The molecule has 0 aromatic heterocycles. The van der Waals surface area contributed by atoms with Crippen molar-refractivity contribution in [2.24, 2.45) is 0 Å². The van der Waals surface area contributed by atoms with Crippen LogP contribution in [0.5, 0.6) is 0 Å². The lowest BCUT2D eigenvalue weighted by molar-refractivity contribution is -0.387. The number of carbonyl (C=O) groups excluding carboxylic acids is 4. The molecule has 2 N–H and O–H groups in total. The van der Waals surface area contributed by atoms with E-state index in [9.17, 15) is 39.4 Å². The van der Waals surface area contributed by atoms with E-state index in [0.29, 0.717) is 65.0 Å². The number of halogens is 4. The maximum Gasteiger partial charge on any atom is 0.291 e. The SMILES string of the molecule is O=C(/C=C/c1ccc(Sc2ccc(/C=C/C(=O)NCCCN3CCCC3=O)c(-c3ccc(Cl)cc3Cl)c2[N+](=O)[O-])c([N+](=O)[O-])c1-c1ccc(Cl)cc1Cl)NCCCN1CCCC1=O. The minimum Gasteiger partial charge on any atom is -0.352 e. The van der Waals surface area contributed by atoms with Crippen molar-refractivity contribution in [3.05, 3.63) is 124 Å². The monoisotopic (exact) mass is 952 g/mol. The van der Waals surface area contributed by atoms with Crippen LogP contribution in [0.15, 0.2) is 82.6 Å². The van der Waals surface area contributed by atoms with Gasteiger partial charge in [0.1, 0.15) is 0 Å². The zero-order valence-corrected chi connectivity index (χ0v) is 37.4. The molecule has 14 nitrogen and oxygen atoms in total. The Morgan fingerprint density at radius 3 is 1.41 bits per heavy atom. The number of hydrogen-bond acceptors (Lipinski definition) is 9. The number of carbonyl (C=O) groups is 4. The Balaban J connectivity index is 1.35. The molecule has 2 aliphatic heterocycles. The van der Waals surface area contributed by atoms with Crippen molar-refractivity contribution in [2.75, 3.05) is 39.3 Å². The molecule has 2 aliphatic rings. The third kappa shape index (κ3) is 12.0. The van der Waals surface area contributed by atoms with Crippen LogP contribution in [0.2, 0.25) is 20.1 Å². The lowest BCUT2D eigenvalue weighted by Crippen LogP contribution is -2.29. The number of hydrogen-bond donors (Lipinski definition) is 2. The number of nitrogens with zero attached hydrogens (tertiary/aromatic N) is 4. The van der Waals surface area contributed by atoms with E-state index >= 15 is 0 Å². The van der Waals surface area contributed by atoms with Gasteiger partial charge in [0.15, 0.2) is 0 Å². The molecule has 63 heavy (non-hydrogen) atoms. The zero-order valence-electron chi connectivity index (χ0n) is 33.5. The summed E-state index contributed by atoms with van der Waals surface area (Å²) in [4.78, 5) is 78.1. The highest BCUT2D eigenvalue weighted by molar-refractivity contribution is 7.99. The van der Waals surface area contributed by atoms with E-state index in [2.05, 4.69) is 10.6 Å². The lowest BCUT2D eigenvalue weighted by Gasteiger charge is -2.16. The van der Waals surface area contributed by atoms with E-state index in [0.717, 1.165) is 24.6 Å². The van der Waals surface area contributed by atoms with Crippen molar-refractivity contribution in [1.82, 2.24) is 20.4 Å². The van der Waals surface area contributed by atoms with Gasteiger partial charge in [-0.3, -0.25) is 39.4 Å². The van der Waals surface area contributed by atoms with Crippen molar-refractivity contribution in [1.29, 1.82) is 0 Å². The maximum absolute atomic E-state index is 13.1. The molecule has 6 rings (SSSR count). The molecule has 2 heterocycles. The van der Waals surface area contributed by atoms with Gasteiger partial charge in [0.05, 0.1) is 40.8 Å². The molecule has 19 heteroatoms. The molecule has 0 saturated carbocycles. The highest BCUT2D eigenvalue weighted by atomic mass is 35.5. The summed E-state index contributed by atoms with van der Waals surface area (Å²) in [5.41, 5.74) is 0.108. The number of likely N-dealkylation sites (tertiary alicyclic amines) is 2. The second-order valence-electron chi connectivity index (χ2n) is 14.5. The summed E-state index contributed by atoms with van der Waals surface area (Å²) in [7, 11) is 0. The second kappa shape index (κ2) is 21.8. The fraction of sp³-hybridized carbons (Fsp3) is 0.273. The van der Waals surface area contributed by atoms with E-state index < -0.39 is 33.0 Å². The summed E-state index contributed by atoms with van der Waals surface area (Å²) in [6.45, 7) is 3.00. The fourth-order valence-electron chi connectivity index (χ4n) is 7.34. The van der Waals surface area contributed by atoms with Gasteiger partial charge in [0, 0.05) is 85.4 Å². The summed E-state index contributed by atoms with van der Waals surface area (Å²) in [5.74, 6) is -0.763. The first kappa shape index (κ1) is 47.0. The summed E-state index contributed by atoms with van der Waals surface area (Å²) < 4.78 is 0. The van der Waals surface area contributed by atoms with Crippen LogP contribution in [0.25, 0.3) is 34.4 Å². The fourth-order valence-corrected chi connectivity index (χ4v) is 9.40. The molecule has 2 fully saturated rings. The summed E-state index contributed by atoms with van der Waals surface area (Å²) in [6, 6.07) is 14.8. The minimum atomic E-state index is -0.624. The lowest BCUT2D eigenvalue weighted by atomic mass is 9.97. The van der Waals surface area contributed by atoms with Gasteiger partial charge in [-0.05, 0) is 85.4 Å². The molecule has 0 atom stereocenters. The van der Waals surface area contributed by atoms with E-state index in [-0.39, 0.29) is 75.1 Å². The highest BCUT2D eigenvalue weighted by Gasteiger charge is 2.31. The molecule has 4 aromatic carbocycles. The third-order valence-corrected chi connectivity index (χ3v) is 12.5. The predicted molar refractivity (Wildman–Crippen MR) is 246 cm³/mol. The molecule has 0 aliphatic carbocycles. The van der Waals surface area contributed by atoms with Crippen molar-refractivity contribution < 1.29 is 29.0 Å². The first-order valence-corrected chi connectivity index (χ1v) is 22.2. The van der Waals surface area contributed by atoms with E-state index in [1.54, 1.807) is 21.9 Å². The smallest absolute Gasteiger partial charge is 0.291 e. The molecule has 2 saturated heterocycles. The molecule has 0 radical (unpaired) electrons. The van der Waals surface area contributed by atoms with Gasteiger partial charge in [0.25, 0.3) is 11.4 Å². The molecule has 4 amide bonds. The maximum atomic E-state index is 13.1. The van der Waals surface area contributed by atoms with Crippen molar-refractivity contribution >= 4 is 105 Å². The first-order valence-electron chi connectivity index (χ1n) is 19.9. The van der Waals surface area contributed by atoms with Gasteiger partial charge < -0.3 is 20.4 Å². The van der Waals surface area contributed by atoms with Crippen LogP contribution in [0.3, 0.4) is 0 Å². The van der Waals surface area contributed by atoms with Gasteiger partial charge in [-0.2, -0.15) is 0 Å². The average Bonchev–Trinajstić information content (AvgIpc) is 3.85. The number of nitrogens with one attached hydrogen (secondary N) is 2. The van der Waals surface area contributed by atoms with Gasteiger partial charge >= 0.3 is 0 Å². The van der Waals surface area contributed by atoms with Crippen LogP contribution in [0.1, 0.15) is 49.7 Å². The quantitative estimate of drug-likeness (QED) is 0.0424. The Bertz CT molecular complexity index is 2370. The third-order valence-electron chi connectivity index (χ3n) is 10.3. The van der Waals surface area contributed by atoms with Crippen LogP contribution < -0.4 is 10.6 Å². The Kier molecular flexibility index (Phi) is 16.2. The van der Waals surface area contributed by atoms with Crippen LogP contribution in [0, 0.1) is 20.2 Å². The van der Waals surface area contributed by atoms with E-state index in [1.165, 1.54) is 72.8 Å². The molecule has 0 unspecified atom stereocenters. The Morgan fingerprint density at radius 2 is 1.06 bits per heavy atom. The largest absolute Gasteiger partial charge is 0.352 e. The summed E-state index contributed by atoms with van der Waals surface area (Å²) in [5, 5.41) is 32.5. The van der Waals surface area contributed by atoms with Crippen LogP contribution in [-0.4, -0.2) is 82.5 Å². The predicted octanol–water partition coefficient (Wildman–Crippen LogP) is 9.89. The molecular weight excluding hydrogens is 914 g/mol. The first-order chi connectivity index (χ1) is 30.2. The van der Waals surface area contributed by atoms with Crippen LogP contribution in [-0.2, 0) is 19.2 Å². The van der Waals surface area contributed by atoms with Crippen molar-refractivity contribution in [2.45, 2.75) is 48.3 Å². The number of rotatable bonds is 18. The minimum absolute atomic E-state index is 0.00799. The standard InChI is InChI=1S/C44H40Cl4N6O8S/c45-29-11-13-31(33(47)25-29)41-27(9-17-37(55)49-19-3-23-51-21-1-5-39(51)57)7-15-35(43(41)53(59)60)63-36-16-8-28(10-18-38(56)50-20-4-24-52-22-2-6-40(52)58)42(44(36)54(61)62)32-14-12-30(46)26-34(32)48/h7-18,25-26H,1-6,19-24H2,(H,49,55)(H,50,56)/b17-9+,18-10+. The van der Waals surface area contributed by atoms with Crippen LogP contribution in [0.4, 0.5) is 11.4 Å². The van der Waals surface area contributed by atoms with Crippen molar-refractivity contribution in [3.8, 4) is 22.3 Å². The van der Waals surface area contributed by atoms with Gasteiger partial charge in [-0.25, -0.2) is 0 Å². The van der Waals surface area contributed by atoms with Gasteiger partial charge in [-0.1, -0.05) is 82.4 Å². The Hall–Kier alpha value is -5.45. The number of nitro benzene ring substituents is 2. The van der Waals surface area contributed by atoms with Crippen LogP contribution >= 0.6 is 58.2 Å². The second-order valence-corrected chi connectivity index (χ2v) is 17.3. The zero-order chi connectivity index (χ0) is 45.2. The molecule has 328 valence electrons. The summed E-state index contributed by atoms with van der Waals surface area (Å²) >= 11 is 26.5. The molecule has 0 spiro atoms. The summed E-state index contributed by atoms with van der Waals surface area (Å²) in [6.07, 6.45) is 9.04. The molecule has 0 bridgehead atoms.